The molecule has 188 valence electrons. The number of hydrogen-bond donors (Lipinski definition) is 5. The molecule has 3 amide bonds. The predicted molar refractivity (Wildman–Crippen MR) is 143 cm³/mol. The molecule has 0 aliphatic carbocycles. The van der Waals surface area contributed by atoms with Gasteiger partial charge in [0.2, 0.25) is 11.0 Å². The number of carbonyl (C=O) groups excluding carboxylic acids is 2. The number of aryl methyl sites for hydroxylation is 1. The van der Waals surface area contributed by atoms with E-state index in [0.29, 0.717) is 30.2 Å². The molecule has 1 heterocycles. The number of rotatable bonds is 12. The first-order valence-corrected chi connectivity index (χ1v) is 12.5. The SMILES string of the molecule is N/C(=C\C=C(/N)NC(=O)NCc1ccccc1)CCCCc1nnc(NC(=O)Cc2ccccc2)s1. The zero-order valence-electron chi connectivity index (χ0n) is 19.9. The zero-order valence-corrected chi connectivity index (χ0v) is 20.8. The fourth-order valence-corrected chi connectivity index (χ4v) is 4.03. The molecule has 3 aromatic rings. The molecular weight excluding hydrogens is 474 g/mol. The van der Waals surface area contributed by atoms with Crippen LogP contribution < -0.4 is 27.4 Å². The normalized spacial score (nSPS) is 11.7. The molecule has 0 saturated carbocycles. The van der Waals surface area contributed by atoms with Gasteiger partial charge in [-0.15, -0.1) is 10.2 Å². The Hall–Kier alpha value is -4.18. The molecule has 3 rings (SSSR count). The molecule has 9 nitrogen and oxygen atoms in total. The van der Waals surface area contributed by atoms with E-state index in [2.05, 4.69) is 26.1 Å². The van der Waals surface area contributed by atoms with Crippen molar-refractivity contribution < 1.29 is 9.59 Å². The smallest absolute Gasteiger partial charge is 0.320 e. The Morgan fingerprint density at radius 1 is 0.889 bits per heavy atom. The van der Waals surface area contributed by atoms with Gasteiger partial charge in [-0.1, -0.05) is 72.0 Å². The Morgan fingerprint density at radius 2 is 1.58 bits per heavy atom. The van der Waals surface area contributed by atoms with Gasteiger partial charge in [0.15, 0.2) is 0 Å². The van der Waals surface area contributed by atoms with E-state index < -0.39 is 0 Å². The van der Waals surface area contributed by atoms with Crippen LogP contribution in [0, 0.1) is 0 Å². The molecule has 10 heteroatoms. The van der Waals surface area contributed by atoms with Gasteiger partial charge in [-0.3, -0.25) is 10.1 Å². The summed E-state index contributed by atoms with van der Waals surface area (Å²) in [5.74, 6) is 0.0940. The second kappa shape index (κ2) is 14.3. The van der Waals surface area contributed by atoms with Gasteiger partial charge in [-0.25, -0.2) is 4.79 Å². The zero-order chi connectivity index (χ0) is 25.6. The average Bonchev–Trinajstić information content (AvgIpc) is 3.32. The van der Waals surface area contributed by atoms with Crippen LogP contribution in [-0.4, -0.2) is 22.1 Å². The molecule has 2 aromatic carbocycles. The van der Waals surface area contributed by atoms with Crippen molar-refractivity contribution in [1.82, 2.24) is 20.8 Å². The van der Waals surface area contributed by atoms with Crippen molar-refractivity contribution in [2.45, 2.75) is 38.6 Å². The van der Waals surface area contributed by atoms with Gasteiger partial charge in [0.1, 0.15) is 10.8 Å². The molecular formula is C26H31N7O2S. The third-order valence-electron chi connectivity index (χ3n) is 5.06. The summed E-state index contributed by atoms with van der Waals surface area (Å²) in [6.07, 6.45) is 6.74. The van der Waals surface area contributed by atoms with E-state index in [0.717, 1.165) is 35.4 Å². The van der Waals surface area contributed by atoms with Crippen molar-refractivity contribution >= 4 is 28.4 Å². The second-order valence-electron chi connectivity index (χ2n) is 8.08. The number of nitrogens with one attached hydrogen (secondary N) is 3. The van der Waals surface area contributed by atoms with Crippen LogP contribution >= 0.6 is 11.3 Å². The summed E-state index contributed by atoms with van der Waals surface area (Å²) in [4.78, 5) is 24.1. The van der Waals surface area contributed by atoms with E-state index in [4.69, 9.17) is 11.5 Å². The topological polar surface area (TPSA) is 148 Å². The number of aromatic nitrogens is 2. The number of urea groups is 1. The van der Waals surface area contributed by atoms with Crippen molar-refractivity contribution in [3.8, 4) is 0 Å². The molecule has 0 radical (unpaired) electrons. The van der Waals surface area contributed by atoms with Crippen LogP contribution in [0.1, 0.15) is 35.4 Å². The Kier molecular flexibility index (Phi) is 10.5. The molecule has 0 atom stereocenters. The highest BCUT2D eigenvalue weighted by Crippen LogP contribution is 2.18. The van der Waals surface area contributed by atoms with Gasteiger partial charge in [0, 0.05) is 18.7 Å². The molecule has 0 fully saturated rings. The largest absolute Gasteiger partial charge is 0.402 e. The lowest BCUT2D eigenvalue weighted by molar-refractivity contribution is -0.115. The number of nitrogens with zero attached hydrogens (tertiary/aromatic N) is 2. The lowest BCUT2D eigenvalue weighted by Crippen LogP contribution is -2.36. The summed E-state index contributed by atoms with van der Waals surface area (Å²) in [6, 6.07) is 18.8. The van der Waals surface area contributed by atoms with Gasteiger partial charge >= 0.3 is 6.03 Å². The van der Waals surface area contributed by atoms with E-state index in [1.807, 2.05) is 60.7 Å². The maximum atomic E-state index is 12.2. The van der Waals surface area contributed by atoms with Crippen LogP contribution in [0.15, 0.2) is 84.3 Å². The van der Waals surface area contributed by atoms with Gasteiger partial charge in [0.05, 0.1) is 6.42 Å². The number of carbonyl (C=O) groups is 2. The van der Waals surface area contributed by atoms with E-state index in [1.165, 1.54) is 11.3 Å². The minimum absolute atomic E-state index is 0.114. The standard InChI is InChI=1S/C26H31N7O2S/c27-21(15-16-22(28)30-25(35)29-18-20-11-5-2-6-12-20)13-7-8-14-24-32-33-26(36-24)31-23(34)17-19-9-3-1-4-10-19/h1-6,9-12,15-16H,7-8,13-14,17-18,27-28H2,(H2,29,30,35)(H,31,33,34)/b21-15-,22-16+. The van der Waals surface area contributed by atoms with E-state index >= 15 is 0 Å². The fraction of sp³-hybridized carbons (Fsp3) is 0.231. The molecule has 0 unspecified atom stereocenters. The molecule has 0 aliphatic heterocycles. The van der Waals surface area contributed by atoms with Crippen molar-refractivity contribution in [1.29, 1.82) is 0 Å². The van der Waals surface area contributed by atoms with Crippen LogP contribution in [0.3, 0.4) is 0 Å². The number of anilines is 1. The molecule has 0 bridgehead atoms. The van der Waals surface area contributed by atoms with Crippen LogP contribution in [0.4, 0.5) is 9.93 Å². The molecule has 0 aliphatic rings. The minimum Gasteiger partial charge on any atom is -0.402 e. The van der Waals surface area contributed by atoms with Crippen LogP contribution in [0.2, 0.25) is 0 Å². The molecule has 7 N–H and O–H groups in total. The first-order chi connectivity index (χ1) is 17.5. The first kappa shape index (κ1) is 26.4. The van der Waals surface area contributed by atoms with Crippen molar-refractivity contribution in [2.75, 3.05) is 5.32 Å². The predicted octanol–water partition coefficient (Wildman–Crippen LogP) is 3.57. The van der Waals surface area contributed by atoms with E-state index in [-0.39, 0.29) is 17.8 Å². The molecule has 1 aromatic heterocycles. The Morgan fingerprint density at radius 3 is 2.31 bits per heavy atom. The van der Waals surface area contributed by atoms with Gasteiger partial charge in [-0.05, 0) is 42.5 Å². The van der Waals surface area contributed by atoms with E-state index in [1.54, 1.807) is 12.2 Å². The van der Waals surface area contributed by atoms with Crippen molar-refractivity contribution in [3.05, 3.63) is 100 Å². The molecule has 0 spiro atoms. The monoisotopic (exact) mass is 505 g/mol. The third-order valence-corrected chi connectivity index (χ3v) is 5.96. The second-order valence-corrected chi connectivity index (χ2v) is 9.14. The Labute approximate surface area is 214 Å². The fourth-order valence-electron chi connectivity index (χ4n) is 3.23. The maximum absolute atomic E-state index is 12.2. The summed E-state index contributed by atoms with van der Waals surface area (Å²) in [7, 11) is 0. The average molecular weight is 506 g/mol. The summed E-state index contributed by atoms with van der Waals surface area (Å²) in [5.41, 5.74) is 14.5. The van der Waals surface area contributed by atoms with Crippen LogP contribution in [-0.2, 0) is 24.2 Å². The van der Waals surface area contributed by atoms with E-state index in [9.17, 15) is 9.59 Å². The number of amides is 3. The number of allylic oxidation sites excluding steroid dienone is 3. The number of benzene rings is 2. The quantitative estimate of drug-likeness (QED) is 0.188. The van der Waals surface area contributed by atoms with Crippen molar-refractivity contribution in [2.24, 2.45) is 11.5 Å². The number of unbranched alkanes of at least 4 members (excludes halogenated alkanes) is 1. The lowest BCUT2D eigenvalue weighted by atomic mass is 10.1. The first-order valence-electron chi connectivity index (χ1n) is 11.6. The van der Waals surface area contributed by atoms with Gasteiger partial charge < -0.3 is 22.1 Å². The van der Waals surface area contributed by atoms with Gasteiger partial charge in [0.25, 0.3) is 0 Å². The molecule has 0 saturated heterocycles. The van der Waals surface area contributed by atoms with Crippen molar-refractivity contribution in [3.63, 3.8) is 0 Å². The highest BCUT2D eigenvalue weighted by Gasteiger charge is 2.09. The summed E-state index contributed by atoms with van der Waals surface area (Å²) < 4.78 is 0. The van der Waals surface area contributed by atoms with Gasteiger partial charge in [-0.2, -0.15) is 0 Å². The summed E-state index contributed by atoms with van der Waals surface area (Å²) in [6.45, 7) is 0.411. The summed E-state index contributed by atoms with van der Waals surface area (Å²) >= 11 is 1.38. The number of hydrogen-bond acceptors (Lipinski definition) is 7. The van der Waals surface area contributed by atoms with Crippen LogP contribution in [0.25, 0.3) is 0 Å². The van der Waals surface area contributed by atoms with Crippen LogP contribution in [0.5, 0.6) is 0 Å². The molecule has 36 heavy (non-hydrogen) atoms. The lowest BCUT2D eigenvalue weighted by Gasteiger charge is -2.07. The Balaban J connectivity index is 1.31. The Bertz CT molecular complexity index is 1180. The minimum atomic E-state index is -0.382. The maximum Gasteiger partial charge on any atom is 0.320 e. The highest BCUT2D eigenvalue weighted by atomic mass is 32.1. The number of nitrogens with two attached hydrogens (primary N) is 2. The highest BCUT2D eigenvalue weighted by molar-refractivity contribution is 7.15. The summed E-state index contributed by atoms with van der Waals surface area (Å²) in [5, 5.41) is 17.7. The third kappa shape index (κ3) is 9.98.